The number of H-pyrrole nitrogens is 1. The van der Waals surface area contributed by atoms with Crippen molar-refractivity contribution in [1.82, 2.24) is 9.71 Å². The molecule has 0 atom stereocenters. The van der Waals surface area contributed by atoms with Crippen LogP contribution in [-0.2, 0) is 16.6 Å². The van der Waals surface area contributed by atoms with Gasteiger partial charge in [-0.05, 0) is 24.1 Å². The van der Waals surface area contributed by atoms with Crippen LogP contribution >= 0.6 is 0 Å². The van der Waals surface area contributed by atoms with E-state index in [1.165, 1.54) is 25.1 Å². The summed E-state index contributed by atoms with van der Waals surface area (Å²) in [4.78, 5) is 12.8. The molecule has 0 aliphatic rings. The van der Waals surface area contributed by atoms with Gasteiger partial charge in [0.25, 0.3) is 5.69 Å². The Morgan fingerprint density at radius 1 is 1.35 bits per heavy atom. The molecular weight excluding hydrogens is 282 g/mol. The standard InChI is InChI=1S/C12H13N3O4S/c1-9-3-2-4-11(15(16)17)12(9)20(18,19)14-8-10-5-6-13-7-10/h2-7,13-14H,8H2,1H3. The van der Waals surface area contributed by atoms with Crippen LogP contribution in [0.25, 0.3) is 0 Å². The highest BCUT2D eigenvalue weighted by molar-refractivity contribution is 7.89. The second-order valence-electron chi connectivity index (χ2n) is 4.22. The van der Waals surface area contributed by atoms with Crippen molar-refractivity contribution in [3.05, 3.63) is 57.9 Å². The number of aromatic amines is 1. The van der Waals surface area contributed by atoms with Crippen molar-refractivity contribution in [1.29, 1.82) is 0 Å². The molecule has 0 saturated carbocycles. The summed E-state index contributed by atoms with van der Waals surface area (Å²) in [7, 11) is -3.95. The van der Waals surface area contributed by atoms with Crippen LogP contribution in [-0.4, -0.2) is 18.3 Å². The third-order valence-corrected chi connectivity index (χ3v) is 4.38. The number of nitro groups is 1. The smallest absolute Gasteiger partial charge is 0.289 e. The summed E-state index contributed by atoms with van der Waals surface area (Å²) in [6, 6.07) is 5.88. The Morgan fingerprint density at radius 3 is 2.70 bits per heavy atom. The monoisotopic (exact) mass is 295 g/mol. The number of nitrogens with one attached hydrogen (secondary N) is 2. The fraction of sp³-hybridized carbons (Fsp3) is 0.167. The molecule has 0 aliphatic heterocycles. The van der Waals surface area contributed by atoms with Gasteiger partial charge in [-0.15, -0.1) is 0 Å². The number of hydrogen-bond acceptors (Lipinski definition) is 4. The first-order valence-electron chi connectivity index (χ1n) is 5.77. The molecule has 0 radical (unpaired) electrons. The minimum absolute atomic E-state index is 0.0668. The molecule has 2 rings (SSSR count). The average Bonchev–Trinajstić information content (AvgIpc) is 2.89. The molecule has 1 aromatic carbocycles. The Bertz CT molecular complexity index is 723. The lowest BCUT2D eigenvalue weighted by molar-refractivity contribution is -0.387. The molecule has 20 heavy (non-hydrogen) atoms. The van der Waals surface area contributed by atoms with Crippen molar-refractivity contribution in [3.8, 4) is 0 Å². The third kappa shape index (κ3) is 2.86. The number of sulfonamides is 1. The van der Waals surface area contributed by atoms with E-state index >= 15 is 0 Å². The number of rotatable bonds is 5. The predicted octanol–water partition coefficient (Wildman–Crippen LogP) is 1.71. The molecule has 106 valence electrons. The fourth-order valence-electron chi connectivity index (χ4n) is 1.85. The van der Waals surface area contributed by atoms with Gasteiger partial charge in [-0.1, -0.05) is 12.1 Å². The summed E-state index contributed by atoms with van der Waals surface area (Å²) >= 11 is 0. The van der Waals surface area contributed by atoms with Crippen molar-refractivity contribution in [3.63, 3.8) is 0 Å². The highest BCUT2D eigenvalue weighted by Gasteiger charge is 2.27. The molecule has 0 amide bonds. The van der Waals surface area contributed by atoms with E-state index in [1.54, 1.807) is 18.5 Å². The van der Waals surface area contributed by atoms with Crippen LogP contribution < -0.4 is 4.72 Å². The van der Waals surface area contributed by atoms with Gasteiger partial charge in [0.05, 0.1) is 4.92 Å². The maximum absolute atomic E-state index is 12.2. The van der Waals surface area contributed by atoms with Gasteiger partial charge in [0.15, 0.2) is 4.90 Å². The molecule has 0 bridgehead atoms. The lowest BCUT2D eigenvalue weighted by atomic mass is 10.2. The van der Waals surface area contributed by atoms with E-state index in [0.717, 1.165) is 5.56 Å². The Labute approximate surface area is 115 Å². The summed E-state index contributed by atoms with van der Waals surface area (Å²) in [5, 5.41) is 11.0. The minimum atomic E-state index is -3.95. The average molecular weight is 295 g/mol. The number of aromatic nitrogens is 1. The highest BCUT2D eigenvalue weighted by Crippen LogP contribution is 2.26. The molecule has 0 fully saturated rings. The van der Waals surface area contributed by atoms with Crippen molar-refractivity contribution >= 4 is 15.7 Å². The van der Waals surface area contributed by atoms with Crippen molar-refractivity contribution in [2.75, 3.05) is 0 Å². The summed E-state index contributed by atoms with van der Waals surface area (Å²) in [5.74, 6) is 0. The quantitative estimate of drug-likeness (QED) is 0.647. The minimum Gasteiger partial charge on any atom is -0.367 e. The van der Waals surface area contributed by atoms with Crippen LogP contribution in [0, 0.1) is 17.0 Å². The molecule has 7 nitrogen and oxygen atoms in total. The van der Waals surface area contributed by atoms with Gasteiger partial charge in [0.1, 0.15) is 0 Å². The van der Waals surface area contributed by atoms with Gasteiger partial charge in [-0.3, -0.25) is 10.1 Å². The molecule has 8 heteroatoms. The van der Waals surface area contributed by atoms with Gasteiger partial charge in [-0.2, -0.15) is 0 Å². The maximum atomic E-state index is 12.2. The van der Waals surface area contributed by atoms with Crippen molar-refractivity contribution in [2.45, 2.75) is 18.4 Å². The zero-order valence-electron chi connectivity index (χ0n) is 10.7. The molecule has 0 spiro atoms. The topological polar surface area (TPSA) is 105 Å². The molecular formula is C12H13N3O4S. The Morgan fingerprint density at radius 2 is 2.10 bits per heavy atom. The highest BCUT2D eigenvalue weighted by atomic mass is 32.2. The van der Waals surface area contributed by atoms with E-state index in [-0.39, 0.29) is 11.4 Å². The first kappa shape index (κ1) is 14.2. The third-order valence-electron chi connectivity index (χ3n) is 2.79. The van der Waals surface area contributed by atoms with Crippen LogP contribution in [0.3, 0.4) is 0 Å². The number of nitrogens with zero attached hydrogens (tertiary/aromatic N) is 1. The molecule has 2 N–H and O–H groups in total. The van der Waals surface area contributed by atoms with E-state index in [4.69, 9.17) is 0 Å². The van der Waals surface area contributed by atoms with Gasteiger partial charge < -0.3 is 4.98 Å². The van der Waals surface area contributed by atoms with Gasteiger partial charge in [0, 0.05) is 25.0 Å². The van der Waals surface area contributed by atoms with Crippen LogP contribution in [0.1, 0.15) is 11.1 Å². The zero-order valence-corrected chi connectivity index (χ0v) is 11.5. The molecule has 0 aliphatic carbocycles. The molecule has 1 aromatic heterocycles. The lowest BCUT2D eigenvalue weighted by Gasteiger charge is -2.09. The largest absolute Gasteiger partial charge is 0.367 e. The van der Waals surface area contributed by atoms with E-state index in [2.05, 4.69) is 9.71 Å². The van der Waals surface area contributed by atoms with E-state index < -0.39 is 20.6 Å². The van der Waals surface area contributed by atoms with Gasteiger partial charge >= 0.3 is 0 Å². The number of nitro benzene ring substituents is 1. The Kier molecular flexibility index (Phi) is 3.86. The summed E-state index contributed by atoms with van der Waals surface area (Å²) < 4.78 is 26.9. The SMILES string of the molecule is Cc1cccc([N+](=O)[O-])c1S(=O)(=O)NCc1cc[nH]c1. The molecule has 0 saturated heterocycles. The van der Waals surface area contributed by atoms with Crippen LogP contribution in [0.2, 0.25) is 0 Å². The molecule has 0 unspecified atom stereocenters. The maximum Gasteiger partial charge on any atom is 0.289 e. The first-order chi connectivity index (χ1) is 9.42. The Hall–Kier alpha value is -2.19. The number of hydrogen-bond donors (Lipinski definition) is 2. The molecule has 2 aromatic rings. The van der Waals surface area contributed by atoms with Crippen molar-refractivity contribution in [2.24, 2.45) is 0 Å². The first-order valence-corrected chi connectivity index (χ1v) is 7.25. The summed E-state index contributed by atoms with van der Waals surface area (Å²) in [6.07, 6.45) is 3.31. The second kappa shape index (κ2) is 5.43. The van der Waals surface area contributed by atoms with Crippen LogP contribution in [0.5, 0.6) is 0 Å². The number of benzene rings is 1. The predicted molar refractivity (Wildman–Crippen MR) is 72.7 cm³/mol. The van der Waals surface area contributed by atoms with Crippen LogP contribution in [0.15, 0.2) is 41.6 Å². The van der Waals surface area contributed by atoms with Gasteiger partial charge in [-0.25, -0.2) is 13.1 Å². The summed E-state index contributed by atoms with van der Waals surface area (Å²) in [5.41, 5.74) is 0.650. The van der Waals surface area contributed by atoms with E-state index in [9.17, 15) is 18.5 Å². The van der Waals surface area contributed by atoms with Gasteiger partial charge in [0.2, 0.25) is 10.0 Å². The van der Waals surface area contributed by atoms with Crippen LogP contribution in [0.4, 0.5) is 5.69 Å². The fourth-order valence-corrected chi connectivity index (χ4v) is 3.26. The second-order valence-corrected chi connectivity index (χ2v) is 5.93. The zero-order chi connectivity index (χ0) is 14.8. The van der Waals surface area contributed by atoms with E-state index in [1.807, 2.05) is 0 Å². The van der Waals surface area contributed by atoms with Crippen molar-refractivity contribution < 1.29 is 13.3 Å². The van der Waals surface area contributed by atoms with E-state index in [0.29, 0.717) is 5.56 Å². The summed E-state index contributed by atoms with van der Waals surface area (Å²) in [6.45, 7) is 1.59. The number of aryl methyl sites for hydroxylation is 1. The lowest BCUT2D eigenvalue weighted by Crippen LogP contribution is -2.24. The Balaban J connectivity index is 2.36. The normalized spacial score (nSPS) is 11.4. The molecule has 1 heterocycles.